The Labute approximate surface area is 166 Å². The fraction of sp³-hybridized carbons (Fsp3) is 0.643. The van der Waals surface area contributed by atoms with Gasteiger partial charge in [0.15, 0.2) is 0 Å². The molecule has 0 rings (SSSR count). The molecule has 154 valence electrons. The first-order valence-electron chi connectivity index (χ1n) is 7.86. The van der Waals surface area contributed by atoms with Crippen LogP contribution in [-0.2, 0) is 24.0 Å². The van der Waals surface area contributed by atoms with Crippen molar-refractivity contribution >= 4 is 54.0 Å². The maximum absolute atomic E-state index is 12.4. The number of aliphatic carboxylic acids is 1. The summed E-state index contributed by atoms with van der Waals surface area (Å²) in [5.41, 5.74) is 10.6. The molecule has 0 saturated carbocycles. The molecule has 27 heavy (non-hydrogen) atoms. The van der Waals surface area contributed by atoms with Crippen LogP contribution in [0, 0.1) is 0 Å². The quantitative estimate of drug-likeness (QED) is 0.153. The Kier molecular flexibility index (Phi) is 12.2. The van der Waals surface area contributed by atoms with Crippen molar-refractivity contribution in [3.05, 3.63) is 0 Å². The fourth-order valence-electron chi connectivity index (χ4n) is 1.83. The van der Waals surface area contributed by atoms with Gasteiger partial charge < -0.3 is 32.5 Å². The first-order valence-corrected chi connectivity index (χ1v) is 9.88. The molecule has 0 fully saturated rings. The lowest BCUT2D eigenvalue weighted by Crippen LogP contribution is -2.57. The molecule has 11 nitrogen and oxygen atoms in total. The van der Waals surface area contributed by atoms with Gasteiger partial charge in [0.05, 0.1) is 12.5 Å². The third-order valence-corrected chi connectivity index (χ3v) is 4.27. The summed E-state index contributed by atoms with van der Waals surface area (Å²) in [6.07, 6.45) is 1.51. The van der Waals surface area contributed by atoms with E-state index < -0.39 is 60.7 Å². The zero-order valence-corrected chi connectivity index (χ0v) is 16.5. The Bertz CT molecular complexity index is 562. The summed E-state index contributed by atoms with van der Waals surface area (Å²) >= 11 is 5.30. The van der Waals surface area contributed by atoms with Crippen molar-refractivity contribution in [1.29, 1.82) is 0 Å². The third-order valence-electron chi connectivity index (χ3n) is 3.23. The summed E-state index contributed by atoms with van der Waals surface area (Å²) in [6, 6.07) is -3.37. The summed E-state index contributed by atoms with van der Waals surface area (Å²) in [5, 5.41) is 15.5. The van der Waals surface area contributed by atoms with Gasteiger partial charge in [-0.2, -0.15) is 24.4 Å². The van der Waals surface area contributed by atoms with Crippen molar-refractivity contribution in [2.75, 3.05) is 24.3 Å². The number of amides is 4. The highest BCUT2D eigenvalue weighted by molar-refractivity contribution is 7.98. The van der Waals surface area contributed by atoms with Crippen molar-refractivity contribution in [1.82, 2.24) is 16.0 Å². The van der Waals surface area contributed by atoms with E-state index in [0.717, 1.165) is 0 Å². The number of carboxylic acid groups (broad SMARTS) is 1. The highest BCUT2D eigenvalue weighted by Gasteiger charge is 2.29. The molecule has 0 saturated heterocycles. The minimum atomic E-state index is -1.33. The first kappa shape index (κ1) is 25.0. The highest BCUT2D eigenvalue weighted by atomic mass is 32.2. The van der Waals surface area contributed by atoms with Crippen LogP contribution in [0.2, 0.25) is 0 Å². The van der Waals surface area contributed by atoms with Crippen molar-refractivity contribution in [2.24, 2.45) is 11.5 Å². The van der Waals surface area contributed by atoms with E-state index in [1.807, 2.05) is 0 Å². The highest BCUT2D eigenvalue weighted by Crippen LogP contribution is 2.03. The number of carbonyl (C=O) groups excluding carboxylic acids is 4. The molecular formula is C14H25N5O6S2. The van der Waals surface area contributed by atoms with Gasteiger partial charge in [-0.05, 0) is 18.4 Å². The second kappa shape index (κ2) is 13.2. The largest absolute Gasteiger partial charge is 0.480 e. The molecule has 0 aliphatic carbocycles. The molecule has 8 N–H and O–H groups in total. The van der Waals surface area contributed by atoms with E-state index in [2.05, 4.69) is 28.6 Å². The molecular weight excluding hydrogens is 398 g/mol. The summed E-state index contributed by atoms with van der Waals surface area (Å²) in [5.74, 6) is -3.78. The van der Waals surface area contributed by atoms with Crippen molar-refractivity contribution in [3.8, 4) is 0 Å². The molecule has 0 spiro atoms. The molecule has 0 radical (unpaired) electrons. The number of hydrogen-bond donors (Lipinski definition) is 7. The second-order valence-electron chi connectivity index (χ2n) is 5.47. The van der Waals surface area contributed by atoms with Gasteiger partial charge in [0.2, 0.25) is 23.6 Å². The number of primary amides is 1. The van der Waals surface area contributed by atoms with Crippen LogP contribution >= 0.6 is 24.4 Å². The van der Waals surface area contributed by atoms with E-state index in [0.29, 0.717) is 5.75 Å². The molecule has 0 heterocycles. The maximum Gasteiger partial charge on any atom is 0.322 e. The minimum Gasteiger partial charge on any atom is -0.480 e. The van der Waals surface area contributed by atoms with Crippen LogP contribution in [0.15, 0.2) is 0 Å². The average molecular weight is 424 g/mol. The molecule has 0 aromatic heterocycles. The first-order chi connectivity index (χ1) is 12.6. The number of nitrogens with one attached hydrogen (secondary N) is 3. The van der Waals surface area contributed by atoms with Crippen molar-refractivity contribution < 1.29 is 29.1 Å². The number of carboxylic acids is 1. The number of rotatable bonds is 13. The lowest BCUT2D eigenvalue weighted by Gasteiger charge is -2.23. The third kappa shape index (κ3) is 10.7. The van der Waals surface area contributed by atoms with Crippen LogP contribution in [0.3, 0.4) is 0 Å². The van der Waals surface area contributed by atoms with Crippen LogP contribution in [-0.4, -0.2) is 77.1 Å². The molecule has 4 amide bonds. The van der Waals surface area contributed by atoms with Crippen LogP contribution in [0.1, 0.15) is 12.8 Å². The van der Waals surface area contributed by atoms with E-state index in [4.69, 9.17) is 16.6 Å². The average Bonchev–Trinajstić information content (AvgIpc) is 2.60. The number of nitrogens with two attached hydrogens (primary N) is 2. The molecule has 0 aromatic carbocycles. The van der Waals surface area contributed by atoms with E-state index in [-0.39, 0.29) is 12.2 Å². The number of carbonyl (C=O) groups is 5. The summed E-state index contributed by atoms with van der Waals surface area (Å²) in [4.78, 5) is 58.2. The van der Waals surface area contributed by atoms with Gasteiger partial charge in [-0.25, -0.2) is 0 Å². The Morgan fingerprint density at radius 3 is 2.15 bits per heavy atom. The molecule has 0 bridgehead atoms. The van der Waals surface area contributed by atoms with Crippen molar-refractivity contribution in [2.45, 2.75) is 31.0 Å². The van der Waals surface area contributed by atoms with E-state index in [1.165, 1.54) is 11.8 Å². The Hall–Kier alpha value is -1.99. The van der Waals surface area contributed by atoms with Crippen LogP contribution in [0.25, 0.3) is 0 Å². The molecule has 3 atom stereocenters. The van der Waals surface area contributed by atoms with Crippen LogP contribution in [0.5, 0.6) is 0 Å². The molecule has 0 aliphatic heterocycles. The monoisotopic (exact) mass is 423 g/mol. The predicted octanol–water partition coefficient (Wildman–Crippen LogP) is -2.96. The van der Waals surface area contributed by atoms with E-state index in [1.54, 1.807) is 6.26 Å². The SMILES string of the molecule is CSCCC(NC(=O)C(CC(N)=O)NC(=O)C(N)CS)C(=O)NCC(=O)O. The Balaban J connectivity index is 5.15. The van der Waals surface area contributed by atoms with Gasteiger partial charge >= 0.3 is 5.97 Å². The summed E-state index contributed by atoms with van der Waals surface area (Å²) in [6.45, 7) is -0.608. The topological polar surface area (TPSA) is 194 Å². The molecule has 13 heteroatoms. The van der Waals surface area contributed by atoms with Crippen molar-refractivity contribution in [3.63, 3.8) is 0 Å². The molecule has 3 unspecified atom stereocenters. The summed E-state index contributed by atoms with van der Waals surface area (Å²) < 4.78 is 0. The fourth-order valence-corrected chi connectivity index (χ4v) is 2.47. The smallest absolute Gasteiger partial charge is 0.322 e. The van der Waals surface area contributed by atoms with E-state index in [9.17, 15) is 24.0 Å². The molecule has 0 aliphatic rings. The lowest BCUT2D eigenvalue weighted by atomic mass is 10.1. The van der Waals surface area contributed by atoms with Gasteiger partial charge in [0.1, 0.15) is 18.6 Å². The number of thiol groups is 1. The number of thioether (sulfide) groups is 1. The predicted molar refractivity (Wildman–Crippen MR) is 103 cm³/mol. The summed E-state index contributed by atoms with van der Waals surface area (Å²) in [7, 11) is 0. The standard InChI is InChI=1S/C14H25N5O6S2/c1-27-3-2-8(13(24)17-5-11(21)22)18-14(25)9(4-10(16)20)19-12(23)7(15)6-26/h7-9,26H,2-6,15H2,1H3,(H2,16,20)(H,17,24)(H,18,25)(H,19,23)(H,21,22). The zero-order valence-electron chi connectivity index (χ0n) is 14.8. The zero-order chi connectivity index (χ0) is 21.0. The molecule has 0 aromatic rings. The maximum atomic E-state index is 12.4. The van der Waals surface area contributed by atoms with Gasteiger partial charge in [-0.3, -0.25) is 24.0 Å². The Morgan fingerprint density at radius 1 is 1.07 bits per heavy atom. The van der Waals surface area contributed by atoms with Gasteiger partial charge in [-0.1, -0.05) is 0 Å². The van der Waals surface area contributed by atoms with Gasteiger partial charge in [0, 0.05) is 5.75 Å². The van der Waals surface area contributed by atoms with Crippen LogP contribution < -0.4 is 27.4 Å². The van der Waals surface area contributed by atoms with Gasteiger partial charge in [0.25, 0.3) is 0 Å². The lowest BCUT2D eigenvalue weighted by molar-refractivity contribution is -0.138. The van der Waals surface area contributed by atoms with E-state index >= 15 is 0 Å². The normalized spacial score (nSPS) is 13.7. The Morgan fingerprint density at radius 2 is 1.67 bits per heavy atom. The minimum absolute atomic E-state index is 0.0185. The number of hydrogen-bond acceptors (Lipinski definition) is 8. The van der Waals surface area contributed by atoms with Gasteiger partial charge in [-0.15, -0.1) is 0 Å². The van der Waals surface area contributed by atoms with Crippen LogP contribution in [0.4, 0.5) is 0 Å². The second-order valence-corrected chi connectivity index (χ2v) is 6.83.